The summed E-state index contributed by atoms with van der Waals surface area (Å²) in [6, 6.07) is 1.72. The lowest BCUT2D eigenvalue weighted by atomic mass is 10.2. The van der Waals surface area contributed by atoms with Crippen molar-refractivity contribution in [3.05, 3.63) is 22.4 Å². The van der Waals surface area contributed by atoms with Crippen molar-refractivity contribution in [2.24, 2.45) is 0 Å². The van der Waals surface area contributed by atoms with Crippen LogP contribution in [0.1, 0.15) is 19.4 Å². The molecule has 1 aromatic heterocycles. The molecular weight excluding hydrogens is 320 g/mol. The summed E-state index contributed by atoms with van der Waals surface area (Å²) in [5.41, 5.74) is 1.32. The molecule has 0 fully saturated rings. The maximum Gasteiger partial charge on any atom is 0.245 e. The zero-order valence-corrected chi connectivity index (χ0v) is 13.0. The number of sulfone groups is 1. The van der Waals surface area contributed by atoms with Crippen LogP contribution in [0.3, 0.4) is 0 Å². The summed E-state index contributed by atoms with van der Waals surface area (Å²) < 4.78 is 22.2. The summed E-state index contributed by atoms with van der Waals surface area (Å²) in [6.45, 7) is 4.57. The average Bonchev–Trinajstić information content (AvgIpc) is 2.21. The van der Waals surface area contributed by atoms with E-state index >= 15 is 0 Å². The van der Waals surface area contributed by atoms with E-state index in [1.165, 1.54) is 20.0 Å². The Bertz CT molecular complexity index is 582. The Morgan fingerprint density at radius 2 is 2.00 bits per heavy atom. The van der Waals surface area contributed by atoms with Gasteiger partial charge in [-0.15, -0.1) is 0 Å². The summed E-state index contributed by atoms with van der Waals surface area (Å²) in [5, 5.41) is 2.56. The number of aromatic nitrogens is 1. The molecule has 0 aliphatic rings. The molecule has 0 unspecified atom stereocenters. The normalized spacial score (nSPS) is 12.3. The second kappa shape index (κ2) is 4.97. The maximum absolute atomic E-state index is 11.9. The zero-order chi connectivity index (χ0) is 14.1. The third-order valence-corrected chi connectivity index (χ3v) is 5.62. The number of halogens is 1. The Balaban J connectivity index is 2.99. The average molecular weight is 335 g/mol. The van der Waals surface area contributed by atoms with Crippen LogP contribution in [-0.2, 0) is 14.6 Å². The van der Waals surface area contributed by atoms with Crippen molar-refractivity contribution < 1.29 is 13.2 Å². The van der Waals surface area contributed by atoms with E-state index in [0.717, 1.165) is 11.8 Å². The Kier molecular flexibility index (Phi) is 4.17. The zero-order valence-electron chi connectivity index (χ0n) is 10.6. The van der Waals surface area contributed by atoms with Gasteiger partial charge in [-0.25, -0.2) is 13.4 Å². The number of nitrogens with zero attached hydrogens (tertiary/aromatic N) is 1. The molecule has 100 valence electrons. The number of hydrogen-bond donors (Lipinski definition) is 1. The molecule has 7 heteroatoms. The van der Waals surface area contributed by atoms with Gasteiger partial charge in [-0.2, -0.15) is 0 Å². The van der Waals surface area contributed by atoms with E-state index in [0.29, 0.717) is 10.3 Å². The van der Waals surface area contributed by atoms with Crippen LogP contribution < -0.4 is 5.32 Å². The predicted octanol–water partition coefficient (Wildman–Crippen LogP) is 1.91. The molecule has 0 saturated carbocycles. The summed E-state index contributed by atoms with van der Waals surface area (Å²) in [7, 11) is -3.48. The van der Waals surface area contributed by atoms with Gasteiger partial charge >= 0.3 is 0 Å². The van der Waals surface area contributed by atoms with Gasteiger partial charge in [0.2, 0.25) is 5.91 Å². The van der Waals surface area contributed by atoms with Gasteiger partial charge < -0.3 is 5.32 Å². The van der Waals surface area contributed by atoms with E-state index in [1.54, 1.807) is 6.07 Å². The first kappa shape index (κ1) is 15.1. The van der Waals surface area contributed by atoms with Crippen molar-refractivity contribution >= 4 is 37.4 Å². The quantitative estimate of drug-likeness (QED) is 0.856. The highest BCUT2D eigenvalue weighted by molar-refractivity contribution is 9.10. The third-order valence-electron chi connectivity index (χ3n) is 2.75. The molecule has 1 amide bonds. The number of aryl methyl sites for hydroxylation is 1. The first-order valence-corrected chi connectivity index (χ1v) is 7.87. The molecule has 18 heavy (non-hydrogen) atoms. The third kappa shape index (κ3) is 3.08. The summed E-state index contributed by atoms with van der Waals surface area (Å²) in [5.74, 6) is -0.575. The molecule has 0 aliphatic carbocycles. The van der Waals surface area contributed by atoms with E-state index in [-0.39, 0.29) is 0 Å². The van der Waals surface area contributed by atoms with Crippen LogP contribution in [0.4, 0.5) is 5.69 Å². The lowest BCUT2D eigenvalue weighted by Gasteiger charge is -2.21. The largest absolute Gasteiger partial charge is 0.323 e. The first-order chi connectivity index (χ1) is 8.05. The Morgan fingerprint density at radius 3 is 2.44 bits per heavy atom. The van der Waals surface area contributed by atoms with Crippen molar-refractivity contribution in [3.63, 3.8) is 0 Å². The van der Waals surface area contributed by atoms with Crippen molar-refractivity contribution in [3.8, 4) is 0 Å². The highest BCUT2D eigenvalue weighted by Gasteiger charge is 2.38. The van der Waals surface area contributed by atoms with Crippen LogP contribution in [0.2, 0.25) is 0 Å². The number of pyridine rings is 1. The standard InChI is InChI=1S/C11H15BrN2O3S/c1-7-5-8(6-13-9(7)12)14-10(15)11(2,3)18(4,16)17/h5-6H,1-4H3,(H,14,15). The van der Waals surface area contributed by atoms with Crippen LogP contribution in [0.25, 0.3) is 0 Å². The van der Waals surface area contributed by atoms with Gasteiger partial charge in [0.05, 0.1) is 11.9 Å². The summed E-state index contributed by atoms with van der Waals surface area (Å²) in [6.07, 6.45) is 2.50. The fourth-order valence-corrected chi connectivity index (χ4v) is 1.68. The second-order valence-corrected chi connectivity index (χ2v) is 7.88. The van der Waals surface area contributed by atoms with Gasteiger partial charge in [-0.1, -0.05) is 0 Å². The minimum absolute atomic E-state index is 0.470. The van der Waals surface area contributed by atoms with Crippen molar-refractivity contribution in [2.75, 3.05) is 11.6 Å². The van der Waals surface area contributed by atoms with Crippen LogP contribution in [0.5, 0.6) is 0 Å². The monoisotopic (exact) mass is 334 g/mol. The molecule has 0 saturated heterocycles. The van der Waals surface area contributed by atoms with E-state index in [9.17, 15) is 13.2 Å². The number of rotatable bonds is 3. The smallest absolute Gasteiger partial charge is 0.245 e. The molecule has 0 atom stereocenters. The van der Waals surface area contributed by atoms with Crippen LogP contribution >= 0.6 is 15.9 Å². The molecule has 1 N–H and O–H groups in total. The highest BCUT2D eigenvalue weighted by Crippen LogP contribution is 2.20. The van der Waals surface area contributed by atoms with E-state index in [4.69, 9.17) is 0 Å². The van der Waals surface area contributed by atoms with Gasteiger partial charge in [-0.05, 0) is 48.3 Å². The Morgan fingerprint density at radius 1 is 1.44 bits per heavy atom. The van der Waals surface area contributed by atoms with Gasteiger partial charge in [0.15, 0.2) is 9.84 Å². The van der Waals surface area contributed by atoms with Gasteiger partial charge in [0.1, 0.15) is 9.35 Å². The maximum atomic E-state index is 11.9. The number of amides is 1. The lowest BCUT2D eigenvalue weighted by Crippen LogP contribution is -2.43. The number of carbonyl (C=O) groups excluding carboxylic acids is 1. The van der Waals surface area contributed by atoms with E-state index in [2.05, 4.69) is 26.2 Å². The Hall–Kier alpha value is -0.950. The van der Waals surface area contributed by atoms with Gasteiger partial charge in [0, 0.05) is 6.26 Å². The first-order valence-electron chi connectivity index (χ1n) is 5.19. The Labute approximate surface area is 115 Å². The van der Waals surface area contributed by atoms with Gasteiger partial charge in [0.25, 0.3) is 0 Å². The van der Waals surface area contributed by atoms with E-state index in [1.807, 2.05) is 6.92 Å². The number of carbonyl (C=O) groups is 1. The van der Waals surface area contributed by atoms with Crippen LogP contribution in [0, 0.1) is 6.92 Å². The van der Waals surface area contributed by atoms with E-state index < -0.39 is 20.5 Å². The van der Waals surface area contributed by atoms with Crippen molar-refractivity contribution in [1.29, 1.82) is 0 Å². The number of anilines is 1. The second-order valence-electron chi connectivity index (χ2n) is 4.57. The SMILES string of the molecule is Cc1cc(NC(=O)C(C)(C)S(C)(=O)=O)cnc1Br. The minimum Gasteiger partial charge on any atom is -0.323 e. The molecule has 0 radical (unpaired) electrons. The number of hydrogen-bond acceptors (Lipinski definition) is 4. The molecule has 0 spiro atoms. The molecule has 1 rings (SSSR count). The number of nitrogens with one attached hydrogen (secondary N) is 1. The molecule has 0 aromatic carbocycles. The van der Waals surface area contributed by atoms with Crippen LogP contribution in [0.15, 0.2) is 16.9 Å². The lowest BCUT2D eigenvalue weighted by molar-refractivity contribution is -0.117. The fourth-order valence-electron chi connectivity index (χ4n) is 1.08. The van der Waals surface area contributed by atoms with Crippen molar-refractivity contribution in [1.82, 2.24) is 4.98 Å². The fraction of sp³-hybridized carbons (Fsp3) is 0.455. The van der Waals surface area contributed by atoms with Gasteiger partial charge in [-0.3, -0.25) is 4.79 Å². The molecule has 1 aromatic rings. The predicted molar refractivity (Wildman–Crippen MR) is 74.2 cm³/mol. The highest BCUT2D eigenvalue weighted by atomic mass is 79.9. The molecule has 5 nitrogen and oxygen atoms in total. The molecule has 0 bridgehead atoms. The molecule has 0 aliphatic heterocycles. The van der Waals surface area contributed by atoms with Crippen LogP contribution in [-0.4, -0.2) is 30.3 Å². The summed E-state index contributed by atoms with van der Waals surface area (Å²) >= 11 is 3.25. The molecular formula is C11H15BrN2O3S. The van der Waals surface area contributed by atoms with Crippen molar-refractivity contribution in [2.45, 2.75) is 25.5 Å². The molecule has 1 heterocycles. The summed E-state index contributed by atoms with van der Waals surface area (Å²) in [4.78, 5) is 16.0. The topological polar surface area (TPSA) is 76.1 Å². The minimum atomic E-state index is -3.48.